The predicted octanol–water partition coefficient (Wildman–Crippen LogP) is 3.18. The molecule has 1 aromatic carbocycles. The van der Waals surface area contributed by atoms with Gasteiger partial charge in [0.15, 0.2) is 9.84 Å². The predicted molar refractivity (Wildman–Crippen MR) is 118 cm³/mol. The highest BCUT2D eigenvalue weighted by Gasteiger charge is 2.50. The van der Waals surface area contributed by atoms with Crippen molar-refractivity contribution < 1.29 is 13.2 Å². The Morgan fingerprint density at radius 1 is 1.00 bits per heavy atom. The zero-order valence-electron chi connectivity index (χ0n) is 17.8. The van der Waals surface area contributed by atoms with Gasteiger partial charge in [0.1, 0.15) is 6.04 Å². The molecule has 4 aliphatic carbocycles. The summed E-state index contributed by atoms with van der Waals surface area (Å²) in [6.45, 7) is 1.58. The molecule has 0 spiro atoms. The maximum atomic E-state index is 13.3. The Balaban J connectivity index is 1.24. The summed E-state index contributed by atoms with van der Waals surface area (Å²) >= 11 is 0. The van der Waals surface area contributed by atoms with Gasteiger partial charge in [-0.3, -0.25) is 9.69 Å². The van der Waals surface area contributed by atoms with E-state index in [9.17, 15) is 13.2 Å². The highest BCUT2D eigenvalue weighted by atomic mass is 32.2. The highest BCUT2D eigenvalue weighted by Crippen LogP contribution is 2.61. The summed E-state index contributed by atoms with van der Waals surface area (Å²) in [6, 6.07) is 9.40. The first-order valence-electron chi connectivity index (χ1n) is 11.7. The van der Waals surface area contributed by atoms with Crippen molar-refractivity contribution in [3.63, 3.8) is 0 Å². The number of amides is 1. The van der Waals surface area contributed by atoms with Crippen LogP contribution in [0.4, 0.5) is 0 Å². The summed E-state index contributed by atoms with van der Waals surface area (Å²) in [5, 5.41) is 3.24. The van der Waals surface area contributed by atoms with Crippen molar-refractivity contribution in [3.8, 4) is 0 Å². The van der Waals surface area contributed by atoms with Crippen LogP contribution < -0.4 is 5.32 Å². The Bertz CT molecular complexity index is 834. The van der Waals surface area contributed by atoms with Gasteiger partial charge < -0.3 is 5.32 Å². The SMILES string of the molecule is O=C(NCCC12CC3CC(CC(C3)C1)C2)C(c1ccccc1)N1CCS(=O)(=O)CC1. The first-order valence-corrected chi connectivity index (χ1v) is 13.5. The first-order chi connectivity index (χ1) is 14.4. The van der Waals surface area contributed by atoms with Crippen molar-refractivity contribution in [2.24, 2.45) is 23.2 Å². The van der Waals surface area contributed by atoms with E-state index in [0.717, 1.165) is 36.3 Å². The minimum atomic E-state index is -2.97. The molecule has 5 aliphatic rings. The largest absolute Gasteiger partial charge is 0.354 e. The standard InChI is InChI=1S/C24H34N2O3S/c27-23(25-7-6-24-15-18-12-19(16-24)14-20(13-18)17-24)22(21-4-2-1-3-5-21)26-8-10-30(28,29)11-9-26/h1-5,18-20,22H,6-17H2,(H,25,27). The number of benzene rings is 1. The van der Waals surface area contributed by atoms with Gasteiger partial charge >= 0.3 is 0 Å². The van der Waals surface area contributed by atoms with E-state index < -0.39 is 15.9 Å². The smallest absolute Gasteiger partial charge is 0.241 e. The van der Waals surface area contributed by atoms with Crippen LogP contribution >= 0.6 is 0 Å². The maximum absolute atomic E-state index is 13.3. The molecular weight excluding hydrogens is 396 g/mol. The summed E-state index contributed by atoms with van der Waals surface area (Å²) in [4.78, 5) is 15.3. The Hall–Kier alpha value is -1.40. The lowest BCUT2D eigenvalue weighted by molar-refractivity contribution is -0.127. The summed E-state index contributed by atoms with van der Waals surface area (Å²) in [7, 11) is -2.97. The van der Waals surface area contributed by atoms with E-state index in [2.05, 4.69) is 5.32 Å². The van der Waals surface area contributed by atoms with Crippen LogP contribution in [0, 0.1) is 23.2 Å². The van der Waals surface area contributed by atoms with Gasteiger partial charge in [-0.1, -0.05) is 30.3 Å². The third-order valence-electron chi connectivity index (χ3n) is 8.23. The minimum absolute atomic E-state index is 0.0187. The highest BCUT2D eigenvalue weighted by molar-refractivity contribution is 7.91. The van der Waals surface area contributed by atoms with E-state index in [4.69, 9.17) is 0 Å². The van der Waals surface area contributed by atoms with Crippen LogP contribution in [-0.4, -0.2) is 50.4 Å². The van der Waals surface area contributed by atoms with Gasteiger partial charge in [-0.15, -0.1) is 0 Å². The second-order valence-corrected chi connectivity index (χ2v) is 12.8. The third kappa shape index (κ3) is 4.18. The number of nitrogens with zero attached hydrogens (tertiary/aromatic N) is 1. The number of rotatable bonds is 6. The molecule has 0 aromatic heterocycles. The number of hydrogen-bond acceptors (Lipinski definition) is 4. The van der Waals surface area contributed by atoms with E-state index in [1.807, 2.05) is 35.2 Å². The lowest BCUT2D eigenvalue weighted by Crippen LogP contribution is -2.49. The monoisotopic (exact) mass is 430 g/mol. The fourth-order valence-electron chi connectivity index (χ4n) is 7.29. The number of nitrogens with one attached hydrogen (secondary N) is 1. The Kier molecular flexibility index (Phi) is 5.42. The molecule has 30 heavy (non-hydrogen) atoms. The van der Waals surface area contributed by atoms with Crippen LogP contribution in [0.1, 0.15) is 56.6 Å². The van der Waals surface area contributed by atoms with Crippen molar-refractivity contribution >= 4 is 15.7 Å². The van der Waals surface area contributed by atoms with Crippen LogP contribution in [0.5, 0.6) is 0 Å². The van der Waals surface area contributed by atoms with Gasteiger partial charge in [-0.25, -0.2) is 8.42 Å². The summed E-state index contributed by atoms with van der Waals surface area (Å²) in [5.74, 6) is 3.08. The Morgan fingerprint density at radius 3 is 2.13 bits per heavy atom. The van der Waals surface area contributed by atoms with Gasteiger partial charge in [-0.05, 0) is 73.7 Å². The fraction of sp³-hybridized carbons (Fsp3) is 0.708. The van der Waals surface area contributed by atoms with E-state index in [1.165, 1.54) is 38.5 Å². The summed E-state index contributed by atoms with van der Waals surface area (Å²) < 4.78 is 23.8. The fourth-order valence-corrected chi connectivity index (χ4v) is 8.52. The number of sulfone groups is 1. The molecule has 1 aliphatic heterocycles. The van der Waals surface area contributed by atoms with Crippen LogP contribution in [0.15, 0.2) is 30.3 Å². The second kappa shape index (κ2) is 7.94. The normalized spacial score (nSPS) is 35.8. The van der Waals surface area contributed by atoms with E-state index in [0.29, 0.717) is 18.5 Å². The molecule has 164 valence electrons. The molecule has 0 radical (unpaired) electrons. The third-order valence-corrected chi connectivity index (χ3v) is 9.84. The molecular formula is C24H34N2O3S. The van der Waals surface area contributed by atoms with Gasteiger partial charge in [-0.2, -0.15) is 0 Å². The lowest BCUT2D eigenvalue weighted by atomic mass is 9.49. The van der Waals surface area contributed by atoms with Crippen LogP contribution in [-0.2, 0) is 14.6 Å². The summed E-state index contributed by atoms with van der Waals surface area (Å²) in [6.07, 6.45) is 9.51. The Morgan fingerprint density at radius 2 is 1.57 bits per heavy atom. The van der Waals surface area contributed by atoms with E-state index in [1.54, 1.807) is 0 Å². The zero-order valence-corrected chi connectivity index (χ0v) is 18.6. The molecule has 6 rings (SSSR count). The molecule has 1 atom stereocenters. The van der Waals surface area contributed by atoms with Crippen molar-refractivity contribution in [3.05, 3.63) is 35.9 Å². The molecule has 1 aromatic rings. The van der Waals surface area contributed by atoms with Gasteiger partial charge in [0, 0.05) is 19.6 Å². The second-order valence-electron chi connectivity index (χ2n) is 10.5. The molecule has 5 nitrogen and oxygen atoms in total. The number of hydrogen-bond donors (Lipinski definition) is 1. The number of carbonyl (C=O) groups excluding carboxylic acids is 1. The van der Waals surface area contributed by atoms with Gasteiger partial charge in [0.25, 0.3) is 0 Å². The quantitative estimate of drug-likeness (QED) is 0.753. The molecule has 4 bridgehead atoms. The maximum Gasteiger partial charge on any atom is 0.241 e. The van der Waals surface area contributed by atoms with Gasteiger partial charge in [0.2, 0.25) is 5.91 Å². The molecule has 1 heterocycles. The topological polar surface area (TPSA) is 66.5 Å². The molecule has 5 fully saturated rings. The van der Waals surface area contributed by atoms with Crippen LogP contribution in [0.25, 0.3) is 0 Å². The van der Waals surface area contributed by atoms with Crippen molar-refractivity contribution in [2.45, 2.75) is 51.0 Å². The minimum Gasteiger partial charge on any atom is -0.354 e. The molecule has 1 saturated heterocycles. The lowest BCUT2D eigenvalue weighted by Gasteiger charge is -2.57. The molecule has 6 heteroatoms. The zero-order chi connectivity index (χ0) is 20.8. The van der Waals surface area contributed by atoms with E-state index in [-0.39, 0.29) is 17.4 Å². The summed E-state index contributed by atoms with van der Waals surface area (Å²) in [5.41, 5.74) is 1.41. The molecule has 4 saturated carbocycles. The number of carbonyl (C=O) groups is 1. The van der Waals surface area contributed by atoms with E-state index >= 15 is 0 Å². The average Bonchev–Trinajstić information content (AvgIpc) is 2.69. The molecule has 1 N–H and O–H groups in total. The van der Waals surface area contributed by atoms with Crippen molar-refractivity contribution in [1.82, 2.24) is 10.2 Å². The first kappa shape index (κ1) is 20.5. The van der Waals surface area contributed by atoms with Gasteiger partial charge in [0.05, 0.1) is 11.5 Å². The molecule has 1 amide bonds. The Labute approximate surface area is 180 Å². The molecule has 1 unspecified atom stereocenters. The van der Waals surface area contributed by atoms with Crippen LogP contribution in [0.3, 0.4) is 0 Å². The average molecular weight is 431 g/mol. The van der Waals surface area contributed by atoms with Crippen LogP contribution in [0.2, 0.25) is 0 Å². The van der Waals surface area contributed by atoms with Crippen molar-refractivity contribution in [2.75, 3.05) is 31.1 Å². The van der Waals surface area contributed by atoms with Crippen molar-refractivity contribution in [1.29, 1.82) is 0 Å².